The Bertz CT molecular complexity index is 727. The zero-order valence-electron chi connectivity index (χ0n) is 24.3. The summed E-state index contributed by atoms with van der Waals surface area (Å²) < 4.78 is 10.3. The molecule has 0 spiro atoms. The summed E-state index contributed by atoms with van der Waals surface area (Å²) in [6, 6.07) is 0. The van der Waals surface area contributed by atoms with Gasteiger partial charge in [0.15, 0.2) is 0 Å². The molecule has 0 saturated heterocycles. The largest absolute Gasteiger partial charge is 0.494 e. The second-order valence-corrected chi connectivity index (χ2v) is 9.15. The summed E-state index contributed by atoms with van der Waals surface area (Å²) in [7, 11) is 1.88. The smallest absolute Gasteiger partial charge is 0.302 e. The first-order valence-electron chi connectivity index (χ1n) is 13.4. The highest BCUT2D eigenvalue weighted by molar-refractivity contribution is 5.79. The van der Waals surface area contributed by atoms with E-state index in [9.17, 15) is 9.59 Å². The second-order valence-electron chi connectivity index (χ2n) is 9.15. The molecule has 1 saturated carbocycles. The van der Waals surface area contributed by atoms with Gasteiger partial charge in [0.25, 0.3) is 0 Å². The molecule has 5 heteroatoms. The van der Waals surface area contributed by atoms with E-state index in [1.807, 2.05) is 38.3 Å². The molecule has 36 heavy (non-hydrogen) atoms. The maximum atomic E-state index is 10.6. The summed E-state index contributed by atoms with van der Waals surface area (Å²) in [5, 5.41) is 3.11. The first-order valence-corrected chi connectivity index (χ1v) is 13.4. The fourth-order valence-corrected chi connectivity index (χ4v) is 3.52. The molecule has 0 aromatic rings. The quantitative estimate of drug-likeness (QED) is 0.149. The van der Waals surface area contributed by atoms with Gasteiger partial charge >= 0.3 is 5.97 Å². The van der Waals surface area contributed by atoms with Gasteiger partial charge in [-0.15, -0.1) is 0 Å². The van der Waals surface area contributed by atoms with Gasteiger partial charge in [0.05, 0.1) is 13.2 Å². The van der Waals surface area contributed by atoms with Crippen LogP contribution in [0.1, 0.15) is 87.0 Å². The first-order chi connectivity index (χ1) is 17.1. The highest BCUT2D eigenvalue weighted by Crippen LogP contribution is 2.33. The average Bonchev–Trinajstić information content (AvgIpc) is 2.82. The molecule has 0 aromatic carbocycles. The Morgan fingerprint density at radius 3 is 2.08 bits per heavy atom. The van der Waals surface area contributed by atoms with Crippen LogP contribution in [0.5, 0.6) is 0 Å². The second kappa shape index (κ2) is 22.9. The summed E-state index contributed by atoms with van der Waals surface area (Å²) >= 11 is 0. The van der Waals surface area contributed by atoms with Gasteiger partial charge < -0.3 is 14.8 Å². The van der Waals surface area contributed by atoms with E-state index in [0.29, 0.717) is 24.2 Å². The molecule has 0 aromatic heterocycles. The number of nitrogens with one attached hydrogen (secondary N) is 1. The van der Waals surface area contributed by atoms with Crippen LogP contribution in [0.4, 0.5) is 0 Å². The Kier molecular flexibility index (Phi) is 22.6. The highest BCUT2D eigenvalue weighted by Gasteiger charge is 2.28. The van der Waals surface area contributed by atoms with E-state index < -0.39 is 0 Å². The Balaban J connectivity index is 0. The molecule has 1 rings (SSSR count). The van der Waals surface area contributed by atoms with Crippen molar-refractivity contribution in [2.45, 2.75) is 87.0 Å². The maximum absolute atomic E-state index is 10.6. The van der Waals surface area contributed by atoms with Crippen molar-refractivity contribution in [2.75, 3.05) is 20.3 Å². The SMILES string of the molecule is C=C/C=C(\NC)C(=C)/C=C\C(=C/C)OC[C@@H](CC)CCCC.CC(=O)C1CC(C)C1.CCOC(C)=O. The van der Waals surface area contributed by atoms with Crippen molar-refractivity contribution in [1.82, 2.24) is 5.32 Å². The standard InChI is InChI=1S/C20H33NO.C7H12O.C4H8O2/c1-7-11-13-18(9-3)16-22-19(10-4)15-14-17(5)20(21-6)12-8-2;1-5-3-7(4-5)6(2)8;1-3-6-4(2)5/h8,10,12,14-15,18,21H,2,5,7,9,11,13,16H2,1,3-4,6H3;5,7H,3-4H2,1-2H3;3H2,1-2H3/b15-14-,19-10+,20-12-;;/t18-;;/m0../s1. The summed E-state index contributed by atoms with van der Waals surface area (Å²) in [5.74, 6) is 2.93. The van der Waals surface area contributed by atoms with Crippen LogP contribution < -0.4 is 5.32 Å². The van der Waals surface area contributed by atoms with Crippen molar-refractivity contribution < 1.29 is 19.1 Å². The molecule has 0 unspecified atom stereocenters. The number of hydrogen-bond acceptors (Lipinski definition) is 5. The van der Waals surface area contributed by atoms with Crippen molar-refractivity contribution in [3.63, 3.8) is 0 Å². The number of esters is 1. The van der Waals surface area contributed by atoms with Crippen LogP contribution in [-0.2, 0) is 19.1 Å². The van der Waals surface area contributed by atoms with Gasteiger partial charge in [-0.2, -0.15) is 0 Å². The molecule has 1 atom stereocenters. The zero-order valence-corrected chi connectivity index (χ0v) is 24.3. The Hall–Kier alpha value is -2.56. The maximum Gasteiger partial charge on any atom is 0.302 e. The Morgan fingerprint density at radius 2 is 1.75 bits per heavy atom. The van der Waals surface area contributed by atoms with Crippen LogP contribution in [0.15, 0.2) is 60.6 Å². The minimum absolute atomic E-state index is 0.211. The predicted molar refractivity (Wildman–Crippen MR) is 154 cm³/mol. The highest BCUT2D eigenvalue weighted by atomic mass is 16.5. The number of hydrogen-bond donors (Lipinski definition) is 1. The van der Waals surface area contributed by atoms with E-state index >= 15 is 0 Å². The van der Waals surface area contributed by atoms with Gasteiger partial charge in [0, 0.05) is 25.6 Å². The number of ketones is 1. The third-order valence-electron chi connectivity index (χ3n) is 5.96. The van der Waals surface area contributed by atoms with Crippen LogP contribution in [0, 0.1) is 17.8 Å². The molecule has 0 amide bonds. The van der Waals surface area contributed by atoms with E-state index in [4.69, 9.17) is 4.74 Å². The molecule has 5 nitrogen and oxygen atoms in total. The van der Waals surface area contributed by atoms with Crippen molar-refractivity contribution in [3.05, 3.63) is 60.6 Å². The van der Waals surface area contributed by atoms with Crippen LogP contribution >= 0.6 is 0 Å². The molecule has 1 N–H and O–H groups in total. The lowest BCUT2D eigenvalue weighted by molar-refractivity contribution is -0.140. The minimum Gasteiger partial charge on any atom is -0.494 e. The summed E-state index contributed by atoms with van der Waals surface area (Å²) in [5.41, 5.74) is 1.86. The Labute approximate surface area is 221 Å². The molecular formula is C31H53NO4. The number of allylic oxidation sites excluding steroid dienone is 5. The average molecular weight is 504 g/mol. The van der Waals surface area contributed by atoms with E-state index in [1.165, 1.54) is 32.6 Å². The van der Waals surface area contributed by atoms with Gasteiger partial charge in [-0.25, -0.2) is 0 Å². The zero-order chi connectivity index (χ0) is 27.9. The molecule has 1 aliphatic rings. The summed E-state index contributed by atoms with van der Waals surface area (Å²) in [4.78, 5) is 20.4. The van der Waals surface area contributed by atoms with Crippen molar-refractivity contribution in [2.24, 2.45) is 17.8 Å². The third-order valence-corrected chi connectivity index (χ3v) is 5.96. The molecule has 1 aliphatic carbocycles. The van der Waals surface area contributed by atoms with Gasteiger partial charge in [-0.05, 0) is 81.7 Å². The molecule has 1 fully saturated rings. The van der Waals surface area contributed by atoms with E-state index in [1.54, 1.807) is 19.9 Å². The van der Waals surface area contributed by atoms with Gasteiger partial charge in [0.2, 0.25) is 0 Å². The van der Waals surface area contributed by atoms with Crippen LogP contribution in [0.3, 0.4) is 0 Å². The summed E-state index contributed by atoms with van der Waals surface area (Å²) in [6.45, 7) is 22.5. The number of ether oxygens (including phenoxy) is 2. The topological polar surface area (TPSA) is 64.6 Å². The van der Waals surface area contributed by atoms with Crippen molar-refractivity contribution in [1.29, 1.82) is 0 Å². The van der Waals surface area contributed by atoms with Gasteiger partial charge in [0.1, 0.15) is 11.5 Å². The fraction of sp³-hybridized carbons (Fsp3) is 0.613. The molecule has 0 bridgehead atoms. The monoisotopic (exact) mass is 503 g/mol. The normalized spacial score (nSPS) is 17.9. The lowest BCUT2D eigenvalue weighted by Gasteiger charge is -2.30. The number of unbranched alkanes of at least 4 members (excludes halogenated alkanes) is 1. The van der Waals surface area contributed by atoms with Gasteiger partial charge in [-0.3, -0.25) is 9.59 Å². The van der Waals surface area contributed by atoms with E-state index in [-0.39, 0.29) is 5.97 Å². The molecule has 0 aliphatic heterocycles. The third kappa shape index (κ3) is 18.7. The number of Topliss-reactive ketones (excluding diaryl/α,β-unsaturated/α-hetero) is 1. The molecular weight excluding hydrogens is 450 g/mol. The Morgan fingerprint density at radius 1 is 1.11 bits per heavy atom. The number of likely N-dealkylation sites (N-methyl/N-ethyl adjacent to an activating group) is 1. The number of carbonyl (C=O) groups excluding carboxylic acids is 2. The summed E-state index contributed by atoms with van der Waals surface area (Å²) in [6.07, 6.45) is 16.8. The molecule has 0 radical (unpaired) electrons. The van der Waals surface area contributed by atoms with Crippen LogP contribution in [-0.4, -0.2) is 32.0 Å². The van der Waals surface area contributed by atoms with Gasteiger partial charge in [-0.1, -0.05) is 59.3 Å². The predicted octanol–water partition coefficient (Wildman–Crippen LogP) is 7.72. The molecule has 206 valence electrons. The fourth-order valence-electron chi connectivity index (χ4n) is 3.52. The lowest BCUT2D eigenvalue weighted by atomic mass is 9.74. The van der Waals surface area contributed by atoms with E-state index in [2.05, 4.69) is 44.0 Å². The van der Waals surface area contributed by atoms with Crippen molar-refractivity contribution in [3.8, 4) is 0 Å². The van der Waals surface area contributed by atoms with E-state index in [0.717, 1.165) is 42.4 Å². The minimum atomic E-state index is -0.211. The van der Waals surface area contributed by atoms with Crippen LogP contribution in [0.25, 0.3) is 0 Å². The number of carbonyl (C=O) groups is 2. The van der Waals surface area contributed by atoms with Crippen LogP contribution in [0.2, 0.25) is 0 Å². The molecule has 0 heterocycles. The van der Waals surface area contributed by atoms with Crippen molar-refractivity contribution >= 4 is 11.8 Å². The first kappa shape index (κ1) is 35.6. The lowest BCUT2D eigenvalue weighted by Crippen LogP contribution is -2.26. The number of rotatable bonds is 14.